The summed E-state index contributed by atoms with van der Waals surface area (Å²) in [5.74, 6) is 1.47. The van der Waals surface area contributed by atoms with E-state index in [1.54, 1.807) is 0 Å². The predicted molar refractivity (Wildman–Crippen MR) is 87.8 cm³/mol. The summed E-state index contributed by atoms with van der Waals surface area (Å²) >= 11 is 0. The number of benzene rings is 1. The third-order valence-electron chi connectivity index (χ3n) is 3.09. The monoisotopic (exact) mass is 292 g/mol. The number of hydrogen-bond donors (Lipinski definition) is 2. The van der Waals surface area contributed by atoms with Gasteiger partial charge in [-0.25, -0.2) is 0 Å². The van der Waals surface area contributed by atoms with Crippen molar-refractivity contribution in [2.45, 2.75) is 40.0 Å². The summed E-state index contributed by atoms with van der Waals surface area (Å²) in [7, 11) is 0. The van der Waals surface area contributed by atoms with Gasteiger partial charge in [-0.15, -0.1) is 0 Å². The lowest BCUT2D eigenvalue weighted by Crippen LogP contribution is -2.28. The van der Waals surface area contributed by atoms with E-state index in [0.29, 0.717) is 12.5 Å². The van der Waals surface area contributed by atoms with Crippen LogP contribution in [0, 0.1) is 5.92 Å². The van der Waals surface area contributed by atoms with E-state index in [0.717, 1.165) is 43.9 Å². The molecule has 1 rings (SSSR count). The van der Waals surface area contributed by atoms with Crippen molar-refractivity contribution in [3.8, 4) is 5.75 Å². The SMILES string of the molecule is CCCCNCC(=O)Nc1ccc(OCCC(C)C)cc1. The number of carbonyl (C=O) groups is 1. The van der Waals surface area contributed by atoms with Crippen molar-refractivity contribution in [2.75, 3.05) is 25.0 Å². The van der Waals surface area contributed by atoms with E-state index in [4.69, 9.17) is 4.74 Å². The van der Waals surface area contributed by atoms with Gasteiger partial charge in [0.2, 0.25) is 5.91 Å². The van der Waals surface area contributed by atoms with Gasteiger partial charge in [0, 0.05) is 5.69 Å². The number of ether oxygens (including phenoxy) is 1. The largest absolute Gasteiger partial charge is 0.494 e. The van der Waals surface area contributed by atoms with E-state index >= 15 is 0 Å². The highest BCUT2D eigenvalue weighted by atomic mass is 16.5. The average molecular weight is 292 g/mol. The van der Waals surface area contributed by atoms with E-state index in [2.05, 4.69) is 31.4 Å². The van der Waals surface area contributed by atoms with Gasteiger partial charge >= 0.3 is 0 Å². The molecule has 4 nitrogen and oxygen atoms in total. The second kappa shape index (κ2) is 10.2. The molecule has 1 aromatic rings. The fourth-order valence-corrected chi connectivity index (χ4v) is 1.76. The molecule has 0 fully saturated rings. The van der Waals surface area contributed by atoms with Gasteiger partial charge in [-0.1, -0.05) is 27.2 Å². The standard InChI is InChI=1S/C17H28N2O2/c1-4-5-11-18-13-17(20)19-15-6-8-16(9-7-15)21-12-10-14(2)3/h6-9,14,18H,4-5,10-13H2,1-3H3,(H,19,20). The Morgan fingerprint density at radius 2 is 1.95 bits per heavy atom. The molecule has 0 aliphatic heterocycles. The maximum atomic E-state index is 11.7. The molecular formula is C17H28N2O2. The first-order valence-electron chi connectivity index (χ1n) is 7.85. The average Bonchev–Trinajstić information content (AvgIpc) is 2.45. The second-order valence-electron chi connectivity index (χ2n) is 5.63. The number of amides is 1. The summed E-state index contributed by atoms with van der Waals surface area (Å²) in [5, 5.41) is 5.98. The van der Waals surface area contributed by atoms with E-state index in [-0.39, 0.29) is 5.91 Å². The summed E-state index contributed by atoms with van der Waals surface area (Å²) in [6.45, 7) is 8.45. The minimum Gasteiger partial charge on any atom is -0.494 e. The number of anilines is 1. The molecule has 21 heavy (non-hydrogen) atoms. The fourth-order valence-electron chi connectivity index (χ4n) is 1.76. The van der Waals surface area contributed by atoms with Crippen LogP contribution in [0.1, 0.15) is 40.0 Å². The van der Waals surface area contributed by atoms with E-state index in [1.165, 1.54) is 0 Å². The van der Waals surface area contributed by atoms with E-state index < -0.39 is 0 Å². The van der Waals surface area contributed by atoms with Crippen LogP contribution in [0.5, 0.6) is 5.75 Å². The molecule has 0 unspecified atom stereocenters. The zero-order valence-corrected chi connectivity index (χ0v) is 13.4. The maximum Gasteiger partial charge on any atom is 0.238 e. The van der Waals surface area contributed by atoms with Gasteiger partial charge in [0.05, 0.1) is 13.2 Å². The lowest BCUT2D eigenvalue weighted by Gasteiger charge is -2.10. The van der Waals surface area contributed by atoms with Crippen molar-refractivity contribution < 1.29 is 9.53 Å². The zero-order chi connectivity index (χ0) is 15.5. The van der Waals surface area contributed by atoms with Crippen LogP contribution in [0.3, 0.4) is 0 Å². The van der Waals surface area contributed by atoms with Crippen LogP contribution in [0.25, 0.3) is 0 Å². The molecule has 0 heterocycles. The molecular weight excluding hydrogens is 264 g/mol. The van der Waals surface area contributed by atoms with Gasteiger partial charge in [0.25, 0.3) is 0 Å². The number of unbranched alkanes of at least 4 members (excludes halogenated alkanes) is 1. The van der Waals surface area contributed by atoms with Crippen molar-refractivity contribution in [1.82, 2.24) is 5.32 Å². The fraction of sp³-hybridized carbons (Fsp3) is 0.588. The molecule has 0 saturated carbocycles. The van der Waals surface area contributed by atoms with E-state index in [1.807, 2.05) is 24.3 Å². The highest BCUT2D eigenvalue weighted by Gasteiger charge is 2.02. The van der Waals surface area contributed by atoms with Crippen LogP contribution in [0.15, 0.2) is 24.3 Å². The molecule has 1 aromatic carbocycles. The first-order chi connectivity index (χ1) is 10.1. The quantitative estimate of drug-likeness (QED) is 0.649. The van der Waals surface area contributed by atoms with Gasteiger partial charge in [-0.3, -0.25) is 4.79 Å². The minimum atomic E-state index is -0.0143. The molecule has 0 atom stereocenters. The summed E-state index contributed by atoms with van der Waals surface area (Å²) in [6.07, 6.45) is 3.27. The third kappa shape index (κ3) is 8.35. The molecule has 0 aliphatic carbocycles. The molecule has 0 spiro atoms. The normalized spacial score (nSPS) is 10.7. The molecule has 0 radical (unpaired) electrons. The van der Waals surface area contributed by atoms with Crippen LogP contribution < -0.4 is 15.4 Å². The smallest absolute Gasteiger partial charge is 0.238 e. The summed E-state index contributed by atoms with van der Waals surface area (Å²) in [5.41, 5.74) is 0.800. The van der Waals surface area contributed by atoms with E-state index in [9.17, 15) is 4.79 Å². The Labute approximate surface area is 128 Å². The lowest BCUT2D eigenvalue weighted by atomic mass is 10.1. The third-order valence-corrected chi connectivity index (χ3v) is 3.09. The van der Waals surface area contributed by atoms with Crippen LogP contribution in [-0.2, 0) is 4.79 Å². The number of nitrogens with one attached hydrogen (secondary N) is 2. The molecule has 4 heteroatoms. The zero-order valence-electron chi connectivity index (χ0n) is 13.4. The first-order valence-corrected chi connectivity index (χ1v) is 7.85. The molecule has 2 N–H and O–H groups in total. The maximum absolute atomic E-state index is 11.7. The summed E-state index contributed by atoms with van der Waals surface area (Å²) in [6, 6.07) is 7.52. The molecule has 0 saturated heterocycles. The van der Waals surface area contributed by atoms with Crippen LogP contribution >= 0.6 is 0 Å². The molecule has 0 aliphatic rings. The van der Waals surface area contributed by atoms with Crippen LogP contribution in [0.4, 0.5) is 5.69 Å². The van der Waals surface area contributed by atoms with Crippen molar-refractivity contribution >= 4 is 11.6 Å². The first kappa shape index (κ1) is 17.5. The van der Waals surface area contributed by atoms with Gasteiger partial charge < -0.3 is 15.4 Å². The van der Waals surface area contributed by atoms with Gasteiger partial charge in [0.15, 0.2) is 0 Å². The molecule has 0 bridgehead atoms. The van der Waals surface area contributed by atoms with Crippen molar-refractivity contribution in [3.63, 3.8) is 0 Å². The topological polar surface area (TPSA) is 50.4 Å². The van der Waals surface area contributed by atoms with Crippen molar-refractivity contribution in [3.05, 3.63) is 24.3 Å². The number of rotatable bonds is 10. The van der Waals surface area contributed by atoms with Crippen LogP contribution in [0.2, 0.25) is 0 Å². The predicted octanol–water partition coefficient (Wildman–Crippen LogP) is 3.44. The van der Waals surface area contributed by atoms with Gasteiger partial charge in [0.1, 0.15) is 5.75 Å². The highest BCUT2D eigenvalue weighted by molar-refractivity contribution is 5.92. The summed E-state index contributed by atoms with van der Waals surface area (Å²) < 4.78 is 5.64. The van der Waals surface area contributed by atoms with Crippen molar-refractivity contribution in [2.24, 2.45) is 5.92 Å². The highest BCUT2D eigenvalue weighted by Crippen LogP contribution is 2.16. The van der Waals surface area contributed by atoms with Gasteiger partial charge in [-0.2, -0.15) is 0 Å². The molecule has 0 aromatic heterocycles. The van der Waals surface area contributed by atoms with Crippen LogP contribution in [-0.4, -0.2) is 25.6 Å². The Morgan fingerprint density at radius 1 is 1.24 bits per heavy atom. The molecule has 1 amide bonds. The Balaban J connectivity index is 2.28. The van der Waals surface area contributed by atoms with Gasteiger partial charge in [-0.05, 0) is 49.6 Å². The Kier molecular flexibility index (Phi) is 8.51. The Bertz CT molecular complexity index is 402. The lowest BCUT2D eigenvalue weighted by molar-refractivity contribution is -0.115. The van der Waals surface area contributed by atoms with Crippen molar-refractivity contribution in [1.29, 1.82) is 0 Å². The molecule has 118 valence electrons. The number of hydrogen-bond acceptors (Lipinski definition) is 3. The Morgan fingerprint density at radius 3 is 2.57 bits per heavy atom. The minimum absolute atomic E-state index is 0.0143. The summed E-state index contributed by atoms with van der Waals surface area (Å²) in [4.78, 5) is 11.7. The second-order valence-corrected chi connectivity index (χ2v) is 5.63. The Hall–Kier alpha value is -1.55. The number of carbonyl (C=O) groups excluding carboxylic acids is 1.